The Morgan fingerprint density at radius 2 is 1.89 bits per heavy atom. The zero-order valence-electron chi connectivity index (χ0n) is 15.5. The highest BCUT2D eigenvalue weighted by Crippen LogP contribution is 2.05. The lowest BCUT2D eigenvalue weighted by atomic mass is 10.1. The van der Waals surface area contributed by atoms with Crippen LogP contribution in [-0.4, -0.2) is 46.9 Å². The lowest BCUT2D eigenvalue weighted by Gasteiger charge is -2.16. The molecule has 1 rings (SSSR count). The average molecular weight is 391 g/mol. The standard InChI is InChI=1S/C19H25N3O6/c20-10-6-2-5-9-16(18(25)26)22-17(24)11-15(23)12-21-19(27)28-13-14-7-3-1-4-8-14/h1,3-4,7-8,15-16,23H,2,5-6,9,11-13H2,(H,21,27)(H,22,24)(H,25,26)/t15-,16-/m0/s1. The van der Waals surface area contributed by atoms with Crippen LogP contribution < -0.4 is 10.6 Å². The van der Waals surface area contributed by atoms with Crippen LogP contribution in [0.3, 0.4) is 0 Å². The summed E-state index contributed by atoms with van der Waals surface area (Å²) in [6.07, 6.45) is -0.716. The fourth-order valence-corrected chi connectivity index (χ4v) is 2.32. The Morgan fingerprint density at radius 3 is 2.54 bits per heavy atom. The first-order valence-corrected chi connectivity index (χ1v) is 8.94. The summed E-state index contributed by atoms with van der Waals surface area (Å²) in [5, 5.41) is 32.1. The van der Waals surface area contributed by atoms with Gasteiger partial charge in [-0.2, -0.15) is 5.26 Å². The Morgan fingerprint density at radius 1 is 1.18 bits per heavy atom. The maximum absolute atomic E-state index is 11.9. The van der Waals surface area contributed by atoms with Crippen molar-refractivity contribution in [2.24, 2.45) is 0 Å². The molecule has 9 heteroatoms. The number of carboxylic acids is 1. The van der Waals surface area contributed by atoms with Crippen molar-refractivity contribution < 1.29 is 29.3 Å². The van der Waals surface area contributed by atoms with Crippen LogP contribution in [0.15, 0.2) is 30.3 Å². The summed E-state index contributed by atoms with van der Waals surface area (Å²) >= 11 is 0. The van der Waals surface area contributed by atoms with Crippen LogP contribution in [0, 0.1) is 11.3 Å². The van der Waals surface area contributed by atoms with Crippen molar-refractivity contribution in [3.63, 3.8) is 0 Å². The highest BCUT2D eigenvalue weighted by atomic mass is 16.5. The smallest absolute Gasteiger partial charge is 0.407 e. The van der Waals surface area contributed by atoms with E-state index in [0.717, 1.165) is 5.56 Å². The molecule has 0 saturated heterocycles. The third-order valence-corrected chi connectivity index (χ3v) is 3.78. The van der Waals surface area contributed by atoms with Crippen molar-refractivity contribution in [1.29, 1.82) is 5.26 Å². The lowest BCUT2D eigenvalue weighted by molar-refractivity contribution is -0.142. The minimum atomic E-state index is -1.18. The number of amides is 2. The summed E-state index contributed by atoms with van der Waals surface area (Å²) in [6.45, 7) is -0.129. The average Bonchev–Trinajstić information content (AvgIpc) is 2.67. The second-order valence-electron chi connectivity index (χ2n) is 6.16. The monoisotopic (exact) mass is 391 g/mol. The number of nitrogens with zero attached hydrogens (tertiary/aromatic N) is 1. The van der Waals surface area contributed by atoms with E-state index in [-0.39, 0.29) is 26.0 Å². The van der Waals surface area contributed by atoms with Crippen molar-refractivity contribution in [3.05, 3.63) is 35.9 Å². The molecule has 0 radical (unpaired) electrons. The lowest BCUT2D eigenvalue weighted by Crippen LogP contribution is -2.43. The Hall–Kier alpha value is -3.12. The second-order valence-corrected chi connectivity index (χ2v) is 6.16. The summed E-state index contributed by atoms with van der Waals surface area (Å²) in [6, 6.07) is 9.94. The molecule has 0 fully saturated rings. The van der Waals surface area contributed by atoms with E-state index in [1.165, 1.54) is 0 Å². The van der Waals surface area contributed by atoms with Gasteiger partial charge in [0.2, 0.25) is 5.91 Å². The highest BCUT2D eigenvalue weighted by Gasteiger charge is 2.21. The molecule has 0 heterocycles. The molecule has 0 bridgehead atoms. The van der Waals surface area contributed by atoms with Gasteiger partial charge in [0, 0.05) is 13.0 Å². The number of carbonyl (C=O) groups excluding carboxylic acids is 2. The molecule has 0 aliphatic carbocycles. The molecule has 0 aliphatic rings. The number of nitriles is 1. The van der Waals surface area contributed by atoms with E-state index < -0.39 is 30.1 Å². The van der Waals surface area contributed by atoms with Crippen LogP contribution in [-0.2, 0) is 20.9 Å². The van der Waals surface area contributed by atoms with E-state index >= 15 is 0 Å². The van der Waals surface area contributed by atoms with Crippen molar-refractivity contribution >= 4 is 18.0 Å². The van der Waals surface area contributed by atoms with Crippen LogP contribution in [0.5, 0.6) is 0 Å². The van der Waals surface area contributed by atoms with Crippen molar-refractivity contribution in [2.45, 2.75) is 50.9 Å². The van der Waals surface area contributed by atoms with Gasteiger partial charge in [0.05, 0.1) is 18.6 Å². The molecule has 0 saturated carbocycles. The normalized spacial score (nSPS) is 12.3. The molecule has 1 aromatic carbocycles. The predicted molar refractivity (Wildman–Crippen MR) is 98.9 cm³/mol. The number of alkyl carbamates (subject to hydrolysis) is 1. The van der Waals surface area contributed by atoms with E-state index in [4.69, 9.17) is 15.1 Å². The topological polar surface area (TPSA) is 149 Å². The molecule has 9 nitrogen and oxygen atoms in total. The summed E-state index contributed by atoms with van der Waals surface area (Å²) < 4.78 is 4.98. The van der Waals surface area contributed by atoms with Crippen molar-refractivity contribution in [2.75, 3.05) is 6.54 Å². The molecule has 0 aromatic heterocycles. The van der Waals surface area contributed by atoms with Gasteiger partial charge < -0.3 is 25.6 Å². The molecule has 0 unspecified atom stereocenters. The molecule has 2 amide bonds. The molecule has 152 valence electrons. The van der Waals surface area contributed by atoms with Crippen molar-refractivity contribution in [3.8, 4) is 6.07 Å². The summed E-state index contributed by atoms with van der Waals surface area (Å²) in [7, 11) is 0. The molecule has 28 heavy (non-hydrogen) atoms. The molecular formula is C19H25N3O6. The van der Waals surface area contributed by atoms with E-state index in [1.54, 1.807) is 12.1 Å². The quantitative estimate of drug-likeness (QED) is 0.393. The highest BCUT2D eigenvalue weighted by molar-refractivity contribution is 5.83. The third kappa shape index (κ3) is 10.1. The summed E-state index contributed by atoms with van der Waals surface area (Å²) in [5.74, 6) is -1.82. The van der Waals surface area contributed by atoms with Crippen molar-refractivity contribution in [1.82, 2.24) is 10.6 Å². The van der Waals surface area contributed by atoms with Crippen LogP contribution in [0.1, 0.15) is 37.7 Å². The number of ether oxygens (including phenoxy) is 1. The number of rotatable bonds is 12. The molecule has 0 aliphatic heterocycles. The Balaban J connectivity index is 2.27. The Kier molecular flexibility index (Phi) is 10.7. The first-order chi connectivity index (χ1) is 13.4. The van der Waals surface area contributed by atoms with E-state index in [2.05, 4.69) is 10.6 Å². The van der Waals surface area contributed by atoms with Gasteiger partial charge in [-0.1, -0.05) is 30.3 Å². The van der Waals surface area contributed by atoms with E-state index in [1.807, 2.05) is 24.3 Å². The minimum Gasteiger partial charge on any atom is -0.480 e. The third-order valence-electron chi connectivity index (χ3n) is 3.78. The number of benzene rings is 1. The molecule has 1 aromatic rings. The number of carboxylic acid groups (broad SMARTS) is 1. The number of carbonyl (C=O) groups is 3. The first kappa shape index (κ1) is 22.9. The van der Waals surface area contributed by atoms with Crippen LogP contribution in [0.2, 0.25) is 0 Å². The van der Waals surface area contributed by atoms with Crippen LogP contribution in [0.25, 0.3) is 0 Å². The number of hydrogen-bond acceptors (Lipinski definition) is 6. The molecular weight excluding hydrogens is 366 g/mol. The minimum absolute atomic E-state index is 0.0787. The number of aliphatic hydroxyl groups excluding tert-OH is 1. The van der Waals surface area contributed by atoms with Gasteiger partial charge in [0.25, 0.3) is 0 Å². The molecule has 2 atom stereocenters. The number of hydrogen-bond donors (Lipinski definition) is 4. The number of unbranched alkanes of at least 4 members (excludes halogenated alkanes) is 2. The maximum Gasteiger partial charge on any atom is 0.407 e. The van der Waals surface area contributed by atoms with Gasteiger partial charge in [-0.05, 0) is 24.8 Å². The van der Waals surface area contributed by atoms with Gasteiger partial charge in [-0.25, -0.2) is 9.59 Å². The van der Waals surface area contributed by atoms with Gasteiger partial charge in [0.15, 0.2) is 0 Å². The summed E-state index contributed by atoms with van der Waals surface area (Å²) in [4.78, 5) is 34.7. The Bertz CT molecular complexity index is 674. The fourth-order valence-electron chi connectivity index (χ4n) is 2.32. The zero-order chi connectivity index (χ0) is 20.8. The first-order valence-electron chi connectivity index (χ1n) is 8.94. The molecule has 0 spiro atoms. The number of aliphatic hydroxyl groups is 1. The Labute approximate surface area is 163 Å². The van der Waals surface area contributed by atoms with Gasteiger partial charge in [-0.15, -0.1) is 0 Å². The summed E-state index contributed by atoms with van der Waals surface area (Å²) in [5.41, 5.74) is 0.812. The molecule has 4 N–H and O–H groups in total. The van der Waals surface area contributed by atoms with Gasteiger partial charge in [-0.3, -0.25) is 4.79 Å². The maximum atomic E-state index is 11.9. The van der Waals surface area contributed by atoms with Gasteiger partial charge >= 0.3 is 12.1 Å². The van der Waals surface area contributed by atoms with Crippen LogP contribution >= 0.6 is 0 Å². The predicted octanol–water partition coefficient (Wildman–Crippen LogP) is 1.32. The fraction of sp³-hybridized carbons (Fsp3) is 0.474. The SMILES string of the molecule is N#CCCCC[C@H](NC(=O)C[C@H](O)CNC(=O)OCc1ccccc1)C(=O)O. The largest absolute Gasteiger partial charge is 0.480 e. The van der Waals surface area contributed by atoms with E-state index in [0.29, 0.717) is 19.3 Å². The van der Waals surface area contributed by atoms with Gasteiger partial charge in [0.1, 0.15) is 12.6 Å². The van der Waals surface area contributed by atoms with E-state index in [9.17, 15) is 19.5 Å². The zero-order valence-corrected chi connectivity index (χ0v) is 15.5. The van der Waals surface area contributed by atoms with Crippen LogP contribution in [0.4, 0.5) is 4.79 Å². The number of aliphatic carboxylic acids is 1. The number of nitrogens with one attached hydrogen (secondary N) is 2. The second kappa shape index (κ2) is 13.1.